The van der Waals surface area contributed by atoms with Gasteiger partial charge < -0.3 is 19.3 Å². The van der Waals surface area contributed by atoms with E-state index in [2.05, 4.69) is 36.0 Å². The van der Waals surface area contributed by atoms with Crippen molar-refractivity contribution < 1.29 is 23.1 Å². The van der Waals surface area contributed by atoms with E-state index in [4.69, 9.17) is 4.74 Å². The second-order valence-electron chi connectivity index (χ2n) is 18.5. The minimum Gasteiger partial charge on any atom is -0.453 e. The number of amides is 3. The van der Waals surface area contributed by atoms with E-state index in [1.165, 1.54) is 35.2 Å². The number of halogens is 2. The Bertz CT molecular complexity index is 2780. The van der Waals surface area contributed by atoms with Crippen LogP contribution < -0.4 is 30.1 Å². The molecule has 64 heavy (non-hydrogen) atoms. The smallest absolute Gasteiger partial charge is 0.329 e. The van der Waals surface area contributed by atoms with E-state index < -0.39 is 11.8 Å². The summed E-state index contributed by atoms with van der Waals surface area (Å²) in [5.74, 6) is -0.955. The summed E-state index contributed by atoms with van der Waals surface area (Å²) in [6.07, 6.45) is 10.3. The van der Waals surface area contributed by atoms with Crippen LogP contribution in [0.4, 0.5) is 30.8 Å². The highest BCUT2D eigenvalue weighted by molar-refractivity contribution is 7.98. The van der Waals surface area contributed by atoms with Crippen molar-refractivity contribution in [2.75, 3.05) is 60.8 Å². The molecule has 3 amide bonds. The van der Waals surface area contributed by atoms with Gasteiger partial charge >= 0.3 is 6.03 Å². The molecule has 3 saturated heterocycles. The number of hydrogen-bond acceptors (Lipinski definition) is 12. The standard InChI is InChI=1S/C46H51F2N11O4S/c1-4-54(2)64-53-37-8-6-34(47)41(33(37)24-49)63-30-5-7-36-31(19-30)43(61)59(27-50-36)29-22-45(23-29)14-17-56(18-15-45)28-9-12-46(13-10-28)25-57(26-46)39-21-38-32(20-35(39)48)42(52-55(38)3)58-16-11-40(60)51-44(58)62/h5-8,19-21,27-29,53H,4,9-18,22-23,25-26H2,1-3H3,(H,51,60,62). The van der Waals surface area contributed by atoms with E-state index in [0.717, 1.165) is 89.6 Å². The number of carbonyl (C=O) groups is 2. The lowest BCUT2D eigenvalue weighted by Gasteiger charge is -2.57. The Morgan fingerprint density at radius 3 is 2.45 bits per heavy atom. The van der Waals surface area contributed by atoms with E-state index in [0.29, 0.717) is 39.5 Å². The van der Waals surface area contributed by atoms with Crippen molar-refractivity contribution >= 4 is 63.1 Å². The number of anilines is 3. The summed E-state index contributed by atoms with van der Waals surface area (Å²) < 4.78 is 45.2. The molecule has 18 heteroatoms. The van der Waals surface area contributed by atoms with Crippen molar-refractivity contribution in [3.63, 3.8) is 0 Å². The van der Waals surface area contributed by atoms with Crippen LogP contribution in [0.2, 0.25) is 0 Å². The fourth-order valence-corrected chi connectivity index (χ4v) is 11.3. The normalized spacial score (nSPS) is 21.0. The molecule has 0 radical (unpaired) electrons. The number of imide groups is 1. The van der Waals surface area contributed by atoms with Crippen molar-refractivity contribution in [3.8, 4) is 17.6 Å². The van der Waals surface area contributed by atoms with Gasteiger partial charge in [0.25, 0.3) is 5.56 Å². The Morgan fingerprint density at radius 1 is 0.969 bits per heavy atom. The summed E-state index contributed by atoms with van der Waals surface area (Å²) >= 11 is 1.29. The Kier molecular flexibility index (Phi) is 10.8. The molecular weight excluding hydrogens is 841 g/mol. The van der Waals surface area contributed by atoms with Crippen molar-refractivity contribution in [1.29, 1.82) is 5.26 Å². The lowest BCUT2D eigenvalue weighted by Crippen LogP contribution is -2.60. The van der Waals surface area contributed by atoms with Crippen LogP contribution in [-0.4, -0.2) is 92.8 Å². The van der Waals surface area contributed by atoms with Crippen molar-refractivity contribution in [3.05, 3.63) is 76.3 Å². The third kappa shape index (κ3) is 7.50. The average Bonchev–Trinajstić information content (AvgIpc) is 3.58. The molecule has 3 aliphatic heterocycles. The van der Waals surface area contributed by atoms with Crippen LogP contribution >= 0.6 is 12.1 Å². The van der Waals surface area contributed by atoms with E-state index in [9.17, 15) is 19.6 Å². The molecular formula is C46H51F2N11O4S. The zero-order valence-electron chi connectivity index (χ0n) is 36.2. The van der Waals surface area contributed by atoms with Gasteiger partial charge in [0, 0.05) is 74.7 Å². The maximum absolute atomic E-state index is 15.7. The quantitative estimate of drug-likeness (QED) is 0.134. The predicted octanol–water partition coefficient (Wildman–Crippen LogP) is 7.46. The van der Waals surface area contributed by atoms with Crippen LogP contribution in [-0.2, 0) is 11.8 Å². The number of aryl methyl sites for hydroxylation is 1. The Hall–Kier alpha value is -5.77. The second kappa shape index (κ2) is 16.3. The number of carbonyl (C=O) groups excluding carboxylic acids is 2. The molecule has 0 unspecified atom stereocenters. The highest BCUT2D eigenvalue weighted by Gasteiger charge is 2.50. The third-order valence-corrected chi connectivity index (χ3v) is 15.6. The summed E-state index contributed by atoms with van der Waals surface area (Å²) in [6, 6.07) is 13.1. The summed E-state index contributed by atoms with van der Waals surface area (Å²) in [7, 11) is 3.68. The van der Waals surface area contributed by atoms with Gasteiger partial charge in [0.1, 0.15) is 23.2 Å². The highest BCUT2D eigenvalue weighted by atomic mass is 32.2. The number of rotatable bonds is 10. The summed E-state index contributed by atoms with van der Waals surface area (Å²) in [5, 5.41) is 17.7. The molecule has 5 heterocycles. The number of likely N-dealkylation sites (tertiary alicyclic amines) is 1. The maximum atomic E-state index is 15.7. The second-order valence-corrected chi connectivity index (χ2v) is 19.5. The topological polar surface area (TPSA) is 157 Å². The summed E-state index contributed by atoms with van der Waals surface area (Å²) in [4.78, 5) is 49.0. The Labute approximate surface area is 373 Å². The zero-order chi connectivity index (χ0) is 44.5. The predicted molar refractivity (Wildman–Crippen MR) is 241 cm³/mol. The molecule has 2 saturated carbocycles. The number of nitrogens with one attached hydrogen (secondary N) is 2. The summed E-state index contributed by atoms with van der Waals surface area (Å²) in [5.41, 5.74) is 2.50. The Morgan fingerprint density at radius 2 is 1.73 bits per heavy atom. The van der Waals surface area contributed by atoms with Crippen LogP contribution in [0.15, 0.2) is 53.6 Å². The molecule has 0 bridgehead atoms. The molecule has 2 spiro atoms. The Balaban J connectivity index is 0.731. The van der Waals surface area contributed by atoms with Crippen molar-refractivity contribution in [2.45, 2.75) is 76.8 Å². The fraction of sp³-hybridized carbons (Fsp3) is 0.478. The number of aromatic nitrogens is 4. The number of fused-ring (bicyclic) bond motifs is 2. The largest absolute Gasteiger partial charge is 0.453 e. The third-order valence-electron chi connectivity index (χ3n) is 14.7. The van der Waals surface area contributed by atoms with Gasteiger partial charge in [-0.3, -0.25) is 29.1 Å². The molecule has 2 aliphatic carbocycles. The first-order chi connectivity index (χ1) is 30.8. The van der Waals surface area contributed by atoms with Gasteiger partial charge in [-0.25, -0.2) is 22.9 Å². The number of nitrogens with zero attached hydrogens (tertiary/aromatic N) is 9. The number of piperidine rings is 1. The monoisotopic (exact) mass is 891 g/mol. The van der Waals surface area contributed by atoms with Crippen LogP contribution in [0.1, 0.15) is 76.3 Å². The van der Waals surface area contributed by atoms with Gasteiger partial charge in [0.05, 0.1) is 34.1 Å². The van der Waals surface area contributed by atoms with Crippen LogP contribution in [0.3, 0.4) is 0 Å². The van der Waals surface area contributed by atoms with E-state index in [1.807, 2.05) is 24.3 Å². The lowest BCUT2D eigenvalue weighted by molar-refractivity contribution is -0.120. The van der Waals surface area contributed by atoms with Gasteiger partial charge in [-0.15, -0.1) is 0 Å². The van der Waals surface area contributed by atoms with Crippen LogP contribution in [0.5, 0.6) is 11.5 Å². The number of benzene rings is 3. The first-order valence-corrected chi connectivity index (χ1v) is 22.9. The number of nitriles is 1. The first-order valence-electron chi connectivity index (χ1n) is 22.2. The highest BCUT2D eigenvalue weighted by Crippen LogP contribution is 2.55. The van der Waals surface area contributed by atoms with E-state index >= 15 is 8.78 Å². The molecule has 2 N–H and O–H groups in total. The van der Waals surface area contributed by atoms with Gasteiger partial charge in [0.2, 0.25) is 5.91 Å². The van der Waals surface area contributed by atoms with Gasteiger partial charge in [0.15, 0.2) is 17.4 Å². The minimum atomic E-state index is -0.679. The molecule has 15 nitrogen and oxygen atoms in total. The average molecular weight is 892 g/mol. The molecule has 5 aliphatic rings. The molecule has 2 aromatic heterocycles. The minimum absolute atomic E-state index is 0.0307. The summed E-state index contributed by atoms with van der Waals surface area (Å²) in [6.45, 7) is 6.67. The van der Waals surface area contributed by atoms with Gasteiger partial charge in [-0.1, -0.05) is 6.92 Å². The molecule has 3 aromatic carbocycles. The van der Waals surface area contributed by atoms with Gasteiger partial charge in [-0.2, -0.15) is 10.4 Å². The molecule has 10 rings (SSSR count). The van der Waals surface area contributed by atoms with Crippen molar-refractivity contribution in [1.82, 2.24) is 33.9 Å². The van der Waals surface area contributed by atoms with E-state index in [1.54, 1.807) is 40.8 Å². The number of urea groups is 1. The maximum Gasteiger partial charge on any atom is 0.329 e. The SMILES string of the molecule is CCN(C)SNc1ccc(F)c(Oc2ccc3ncn(C4CC5(CCN(C6CCC7(CC6)CN(c6cc8c(cc6F)c(N6CCC(=O)NC6=O)nn8C)C7)CC5)C4)c(=O)c3c2)c1C#N. The molecule has 5 fully saturated rings. The zero-order valence-corrected chi connectivity index (χ0v) is 37.0. The molecule has 0 atom stereocenters. The van der Waals surface area contributed by atoms with E-state index in [-0.39, 0.29) is 64.2 Å². The van der Waals surface area contributed by atoms with Crippen molar-refractivity contribution in [2.24, 2.45) is 17.9 Å². The van der Waals surface area contributed by atoms with Crippen LogP contribution in [0.25, 0.3) is 21.8 Å². The molecule has 5 aromatic rings. The lowest BCUT2D eigenvalue weighted by atomic mass is 9.60. The van der Waals surface area contributed by atoms with Gasteiger partial charge in [-0.05, 0) is 119 Å². The number of ether oxygens (including phenoxy) is 1. The van der Waals surface area contributed by atoms with Crippen LogP contribution in [0, 0.1) is 33.8 Å². The molecule has 334 valence electrons. The first kappa shape index (κ1) is 42.2. The number of hydrogen-bond donors (Lipinski definition) is 2. The fourth-order valence-electron chi connectivity index (χ4n) is 10.8.